The Hall–Kier alpha value is -1.82. The predicted octanol–water partition coefficient (Wildman–Crippen LogP) is 4.78. The van der Waals surface area contributed by atoms with Gasteiger partial charge < -0.3 is 14.4 Å². The van der Waals surface area contributed by atoms with Crippen molar-refractivity contribution < 1.29 is 14.3 Å². The molecule has 2 heterocycles. The van der Waals surface area contributed by atoms with Gasteiger partial charge in [-0.05, 0) is 60.3 Å². The van der Waals surface area contributed by atoms with Crippen molar-refractivity contribution in [2.24, 2.45) is 0 Å². The number of ether oxygens (including phenoxy) is 2. The van der Waals surface area contributed by atoms with Gasteiger partial charge in [0.1, 0.15) is 17.5 Å². The van der Waals surface area contributed by atoms with E-state index in [-0.39, 0.29) is 12.2 Å². The van der Waals surface area contributed by atoms with Crippen molar-refractivity contribution in [2.45, 2.75) is 45.3 Å². The summed E-state index contributed by atoms with van der Waals surface area (Å²) in [7, 11) is 0. The predicted molar refractivity (Wildman–Crippen MR) is 101 cm³/mol. The maximum Gasteiger partial charge on any atom is 0.410 e. The number of pyridine rings is 1. The lowest BCUT2D eigenvalue weighted by Gasteiger charge is -2.33. The van der Waals surface area contributed by atoms with Gasteiger partial charge in [0, 0.05) is 43.7 Å². The Bertz CT molecular complexity index is 765. The van der Waals surface area contributed by atoms with E-state index in [4.69, 9.17) is 9.47 Å². The van der Waals surface area contributed by atoms with E-state index < -0.39 is 5.60 Å². The van der Waals surface area contributed by atoms with E-state index in [9.17, 15) is 4.79 Å². The second-order valence-electron chi connectivity index (χ2n) is 7.29. The number of rotatable bonds is 2. The fourth-order valence-corrected chi connectivity index (χ4v) is 3.29. The zero-order valence-corrected chi connectivity index (χ0v) is 16.4. The summed E-state index contributed by atoms with van der Waals surface area (Å²) >= 11 is 3.58. The number of likely N-dealkylation sites (tertiary alicyclic amines) is 1. The molecular formula is C19H23BrN2O3. The van der Waals surface area contributed by atoms with Crippen LogP contribution in [0.15, 0.2) is 35.1 Å². The number of fused-ring (bicyclic) bond motifs is 1. The van der Waals surface area contributed by atoms with Gasteiger partial charge >= 0.3 is 6.09 Å². The molecule has 0 unspecified atom stereocenters. The van der Waals surface area contributed by atoms with E-state index in [1.165, 1.54) is 0 Å². The van der Waals surface area contributed by atoms with Crippen molar-refractivity contribution >= 4 is 32.8 Å². The lowest BCUT2D eigenvalue weighted by molar-refractivity contribution is 0.0126. The van der Waals surface area contributed by atoms with Gasteiger partial charge in [-0.25, -0.2) is 4.79 Å². The summed E-state index contributed by atoms with van der Waals surface area (Å²) in [6.45, 7) is 6.94. The van der Waals surface area contributed by atoms with Crippen molar-refractivity contribution in [3.8, 4) is 5.75 Å². The zero-order valence-electron chi connectivity index (χ0n) is 14.8. The van der Waals surface area contributed by atoms with Gasteiger partial charge in [-0.15, -0.1) is 0 Å². The molecule has 0 aliphatic carbocycles. The molecule has 1 saturated heterocycles. The number of hydrogen-bond donors (Lipinski definition) is 0. The summed E-state index contributed by atoms with van der Waals surface area (Å²) in [5, 5.41) is 2.17. The zero-order chi connectivity index (χ0) is 18.0. The summed E-state index contributed by atoms with van der Waals surface area (Å²) in [5.74, 6) is 0.828. The first-order valence-corrected chi connectivity index (χ1v) is 9.29. The van der Waals surface area contributed by atoms with Gasteiger partial charge in [0.2, 0.25) is 0 Å². The largest absolute Gasteiger partial charge is 0.489 e. The summed E-state index contributed by atoms with van der Waals surface area (Å²) in [6, 6.07) is 6.02. The average Bonchev–Trinajstić information content (AvgIpc) is 2.54. The highest BCUT2D eigenvalue weighted by Crippen LogP contribution is 2.32. The van der Waals surface area contributed by atoms with Crippen molar-refractivity contribution in [2.75, 3.05) is 13.1 Å². The van der Waals surface area contributed by atoms with Crippen LogP contribution in [0.3, 0.4) is 0 Å². The molecule has 1 aromatic heterocycles. The lowest BCUT2D eigenvalue weighted by Crippen LogP contribution is -2.44. The van der Waals surface area contributed by atoms with Crippen LogP contribution < -0.4 is 4.74 Å². The molecule has 1 fully saturated rings. The minimum atomic E-state index is -0.463. The van der Waals surface area contributed by atoms with Crippen LogP contribution in [0.2, 0.25) is 0 Å². The second kappa shape index (κ2) is 7.20. The highest BCUT2D eigenvalue weighted by atomic mass is 79.9. The first-order valence-electron chi connectivity index (χ1n) is 8.50. The lowest BCUT2D eigenvalue weighted by atomic mass is 10.1. The second-order valence-corrected chi connectivity index (χ2v) is 8.14. The molecular weight excluding hydrogens is 384 g/mol. The maximum atomic E-state index is 12.1. The van der Waals surface area contributed by atoms with Crippen LogP contribution in [0.4, 0.5) is 4.79 Å². The summed E-state index contributed by atoms with van der Waals surface area (Å²) in [6.07, 6.45) is 5.04. The third kappa shape index (κ3) is 4.63. The SMILES string of the molecule is CC(C)(C)OC(=O)N1CCC(Oc2cc3ccncc3cc2Br)CC1. The summed E-state index contributed by atoms with van der Waals surface area (Å²) in [5.41, 5.74) is -0.463. The van der Waals surface area contributed by atoms with Gasteiger partial charge in [0.25, 0.3) is 0 Å². The highest BCUT2D eigenvalue weighted by molar-refractivity contribution is 9.10. The number of carbonyl (C=O) groups is 1. The number of carbonyl (C=O) groups excluding carboxylic acids is 1. The molecule has 0 atom stereocenters. The van der Waals surface area contributed by atoms with Crippen molar-refractivity contribution in [1.82, 2.24) is 9.88 Å². The number of halogens is 1. The molecule has 1 aliphatic rings. The molecule has 2 aromatic rings. The summed E-state index contributed by atoms with van der Waals surface area (Å²) in [4.78, 5) is 18.0. The van der Waals surface area contributed by atoms with Crippen LogP contribution >= 0.6 is 15.9 Å². The number of amides is 1. The van der Waals surface area contributed by atoms with Crippen LogP contribution in [0, 0.1) is 0 Å². The van der Waals surface area contributed by atoms with Gasteiger partial charge in [0.15, 0.2) is 0 Å². The van der Waals surface area contributed by atoms with Gasteiger partial charge in [-0.1, -0.05) is 0 Å². The quantitative estimate of drug-likeness (QED) is 0.719. The number of aromatic nitrogens is 1. The normalized spacial score (nSPS) is 16.1. The van der Waals surface area contributed by atoms with E-state index in [1.807, 2.05) is 45.2 Å². The average molecular weight is 407 g/mol. The van der Waals surface area contributed by atoms with Crippen LogP contribution in [-0.2, 0) is 4.74 Å². The number of nitrogens with zero attached hydrogens (tertiary/aromatic N) is 2. The maximum absolute atomic E-state index is 12.1. The van der Waals surface area contributed by atoms with E-state index in [2.05, 4.69) is 20.9 Å². The molecule has 25 heavy (non-hydrogen) atoms. The number of piperidine rings is 1. The number of hydrogen-bond acceptors (Lipinski definition) is 4. The fraction of sp³-hybridized carbons (Fsp3) is 0.474. The first kappa shape index (κ1) is 18.0. The fourth-order valence-electron chi connectivity index (χ4n) is 2.84. The molecule has 0 saturated carbocycles. The third-order valence-corrected chi connectivity index (χ3v) is 4.70. The number of benzene rings is 1. The van der Waals surface area contributed by atoms with Crippen LogP contribution in [0.25, 0.3) is 10.8 Å². The van der Waals surface area contributed by atoms with Crippen LogP contribution in [-0.4, -0.2) is 40.8 Å². The van der Waals surface area contributed by atoms with Crippen LogP contribution in [0.5, 0.6) is 5.75 Å². The summed E-state index contributed by atoms with van der Waals surface area (Å²) < 4.78 is 12.5. The molecule has 5 nitrogen and oxygen atoms in total. The monoisotopic (exact) mass is 406 g/mol. The van der Waals surface area contributed by atoms with E-state index >= 15 is 0 Å². The van der Waals surface area contributed by atoms with Crippen molar-refractivity contribution in [3.63, 3.8) is 0 Å². The Balaban J connectivity index is 1.61. The van der Waals surface area contributed by atoms with Gasteiger partial charge in [0.05, 0.1) is 4.47 Å². The molecule has 134 valence electrons. The molecule has 0 N–H and O–H groups in total. The minimum absolute atomic E-state index is 0.0919. The Morgan fingerprint density at radius 2 is 1.96 bits per heavy atom. The van der Waals surface area contributed by atoms with Gasteiger partial charge in [-0.3, -0.25) is 4.98 Å². The molecule has 0 bridgehead atoms. The molecule has 6 heteroatoms. The smallest absolute Gasteiger partial charge is 0.410 e. The standard InChI is InChI=1S/C19H23BrN2O3/c1-19(2,3)25-18(23)22-8-5-15(6-9-22)24-17-11-13-4-7-21-12-14(13)10-16(17)20/h4,7,10-12,15H,5-6,8-9H2,1-3H3. The minimum Gasteiger partial charge on any atom is -0.489 e. The Morgan fingerprint density at radius 1 is 1.24 bits per heavy atom. The Kier molecular flexibility index (Phi) is 5.18. The highest BCUT2D eigenvalue weighted by Gasteiger charge is 2.27. The first-order chi connectivity index (χ1) is 11.8. The van der Waals surface area contributed by atoms with Gasteiger partial charge in [-0.2, -0.15) is 0 Å². The topological polar surface area (TPSA) is 51.7 Å². The van der Waals surface area contributed by atoms with E-state index in [0.29, 0.717) is 13.1 Å². The van der Waals surface area contributed by atoms with Crippen molar-refractivity contribution in [3.05, 3.63) is 35.1 Å². The Morgan fingerprint density at radius 3 is 2.64 bits per heavy atom. The third-order valence-electron chi connectivity index (χ3n) is 4.08. The molecule has 1 aromatic carbocycles. The molecule has 1 aliphatic heterocycles. The molecule has 1 amide bonds. The molecule has 0 spiro atoms. The van der Waals surface area contributed by atoms with Crippen LogP contribution in [0.1, 0.15) is 33.6 Å². The van der Waals surface area contributed by atoms with E-state index in [0.717, 1.165) is 33.8 Å². The Labute approximate surface area is 156 Å². The van der Waals surface area contributed by atoms with Crippen molar-refractivity contribution in [1.29, 1.82) is 0 Å². The molecule has 3 rings (SSSR count). The van der Waals surface area contributed by atoms with E-state index in [1.54, 1.807) is 11.1 Å². The molecule has 0 radical (unpaired) electrons.